The first kappa shape index (κ1) is 67.1. The molecule has 77 heavy (non-hydrogen) atoms. The quantitative estimate of drug-likeness (QED) is 0.0228. The van der Waals surface area contributed by atoms with E-state index in [0.717, 1.165) is 12.2 Å². The average molecular weight is 1100 g/mol. The lowest BCUT2D eigenvalue weighted by Crippen LogP contribution is -2.43. The number of carbonyl (C=O) groups is 6. The van der Waals surface area contributed by atoms with E-state index in [0.29, 0.717) is 22.6 Å². The van der Waals surface area contributed by atoms with Gasteiger partial charge < -0.3 is 86.0 Å². The summed E-state index contributed by atoms with van der Waals surface area (Å²) >= 11 is 0. The molecule has 0 saturated carbocycles. The number of ether oxygens (including phenoxy) is 16. The van der Waals surface area contributed by atoms with Crippen molar-refractivity contribution in [1.82, 2.24) is 0 Å². The minimum Gasteiger partial charge on any atom is -0.490 e. The third-order valence-electron chi connectivity index (χ3n) is 9.87. The lowest BCUT2D eigenvalue weighted by molar-refractivity contribution is -0.165. The Hall–Kier alpha value is -6.06. The molecule has 24 heteroatoms. The van der Waals surface area contributed by atoms with Gasteiger partial charge in [0.05, 0.1) is 84.7 Å². The fourth-order valence-electron chi connectivity index (χ4n) is 6.01. The van der Waals surface area contributed by atoms with Crippen molar-refractivity contribution < 1.29 is 115 Å². The van der Waals surface area contributed by atoms with Crippen LogP contribution in [0.25, 0.3) is 0 Å². The van der Waals surface area contributed by atoms with E-state index in [9.17, 15) is 39.0 Å². The number of esters is 2. The highest BCUT2D eigenvalue weighted by atomic mass is 16.7. The van der Waals surface area contributed by atoms with Gasteiger partial charge in [0.25, 0.3) is 0 Å². The summed E-state index contributed by atoms with van der Waals surface area (Å²) in [6.45, 7) is 15.0. The molecular formula is C53H76O24. The molecule has 0 aliphatic carbocycles. The minimum atomic E-state index is -1.53. The number of Topliss-reactive ketones (excluding diaryl/α,β-unsaturated/α-hetero) is 2. The van der Waals surface area contributed by atoms with Crippen LogP contribution in [0.2, 0.25) is 0 Å². The summed E-state index contributed by atoms with van der Waals surface area (Å²) in [5.41, 5.74) is -3.48. The minimum absolute atomic E-state index is 0.00538. The van der Waals surface area contributed by atoms with Crippen LogP contribution in [0, 0.1) is 5.41 Å². The normalized spacial score (nSPS) is 12.4. The highest BCUT2D eigenvalue weighted by Crippen LogP contribution is 2.22. The van der Waals surface area contributed by atoms with Crippen molar-refractivity contribution in [2.45, 2.75) is 65.3 Å². The molecule has 0 aliphatic heterocycles. The molecule has 0 spiro atoms. The van der Waals surface area contributed by atoms with Crippen LogP contribution in [-0.4, -0.2) is 202 Å². The molecule has 24 nitrogen and oxygen atoms in total. The number of carbonyl (C=O) groups excluding carboxylic acids is 6. The zero-order valence-corrected chi connectivity index (χ0v) is 44.9. The first-order valence-corrected chi connectivity index (χ1v) is 24.6. The predicted molar refractivity (Wildman–Crippen MR) is 270 cm³/mol. The van der Waals surface area contributed by atoms with E-state index >= 15 is 0 Å². The zero-order chi connectivity index (χ0) is 57.0. The number of ketones is 2. The molecule has 0 amide bonds. The Labute approximate surface area is 448 Å². The molecule has 0 saturated heterocycles. The summed E-state index contributed by atoms with van der Waals surface area (Å²) in [4.78, 5) is 71.9. The Kier molecular flexibility index (Phi) is 32.8. The van der Waals surface area contributed by atoms with Crippen molar-refractivity contribution in [2.75, 3.05) is 132 Å². The SMILES string of the molecule is C=CC(=O)OCCOC(C)OCCOCC(COCCOC(=O)OCCOc1ccc(C(=O)C(C)(C)O)cc1)(COCCOC(=O)OCCOc1ccc(C(=O)C(C)(C)O)cc1)COCCOC(C)OCCOC(=O)C=C. The van der Waals surface area contributed by atoms with Crippen molar-refractivity contribution >= 4 is 35.8 Å². The summed E-state index contributed by atoms with van der Waals surface area (Å²) in [7, 11) is 0. The summed E-state index contributed by atoms with van der Waals surface area (Å²) in [5.74, 6) is -1.23. The van der Waals surface area contributed by atoms with Crippen LogP contribution in [0.4, 0.5) is 9.59 Å². The van der Waals surface area contributed by atoms with E-state index in [1.165, 1.54) is 52.0 Å². The highest BCUT2D eigenvalue weighted by molar-refractivity contribution is 6.02. The van der Waals surface area contributed by atoms with E-state index in [-0.39, 0.29) is 132 Å². The molecule has 2 N–H and O–H groups in total. The fourth-order valence-corrected chi connectivity index (χ4v) is 6.01. The molecule has 0 radical (unpaired) electrons. The molecule has 432 valence electrons. The van der Waals surface area contributed by atoms with E-state index in [4.69, 9.17) is 75.8 Å². The molecule has 2 aromatic rings. The fraction of sp³-hybridized carbons (Fsp3) is 0.585. The van der Waals surface area contributed by atoms with E-state index in [1.807, 2.05) is 0 Å². The van der Waals surface area contributed by atoms with Gasteiger partial charge in [-0.15, -0.1) is 0 Å². The first-order valence-electron chi connectivity index (χ1n) is 24.6. The molecule has 0 heterocycles. The van der Waals surface area contributed by atoms with Gasteiger partial charge in [-0.25, -0.2) is 19.2 Å². The Morgan fingerprint density at radius 1 is 0.429 bits per heavy atom. The second-order valence-electron chi connectivity index (χ2n) is 17.5. The van der Waals surface area contributed by atoms with E-state index in [1.54, 1.807) is 38.1 Å². The van der Waals surface area contributed by atoms with E-state index < -0.39 is 65.0 Å². The zero-order valence-electron chi connectivity index (χ0n) is 44.9. The molecule has 0 aliphatic rings. The van der Waals surface area contributed by atoms with Gasteiger partial charge in [-0.1, -0.05) is 13.2 Å². The molecular weight excluding hydrogens is 1020 g/mol. The third kappa shape index (κ3) is 31.1. The largest absolute Gasteiger partial charge is 0.508 e. The molecule has 2 aromatic carbocycles. The Morgan fingerprint density at radius 3 is 1.00 bits per heavy atom. The van der Waals surface area contributed by atoms with Crippen molar-refractivity contribution in [3.8, 4) is 11.5 Å². The second-order valence-corrected chi connectivity index (χ2v) is 17.5. The summed E-state index contributed by atoms with van der Waals surface area (Å²) < 4.78 is 87.9. The Balaban J connectivity index is 2.00. The van der Waals surface area contributed by atoms with Crippen LogP contribution in [0.3, 0.4) is 0 Å². The average Bonchev–Trinajstić information content (AvgIpc) is 3.40. The second kappa shape index (κ2) is 37.7. The van der Waals surface area contributed by atoms with Gasteiger partial charge in [0.1, 0.15) is 75.6 Å². The van der Waals surface area contributed by atoms with Gasteiger partial charge in [0.15, 0.2) is 24.1 Å². The summed E-state index contributed by atoms with van der Waals surface area (Å²) in [6.07, 6.45) is -1.20. The van der Waals surface area contributed by atoms with Crippen molar-refractivity contribution in [2.24, 2.45) is 5.41 Å². The topological polar surface area (TPSA) is 291 Å². The van der Waals surface area contributed by atoms with Crippen molar-refractivity contribution in [3.63, 3.8) is 0 Å². The highest BCUT2D eigenvalue weighted by Gasteiger charge is 2.33. The molecule has 2 unspecified atom stereocenters. The monoisotopic (exact) mass is 1100 g/mol. The maximum Gasteiger partial charge on any atom is 0.508 e. The number of hydrogen-bond acceptors (Lipinski definition) is 24. The van der Waals surface area contributed by atoms with E-state index in [2.05, 4.69) is 13.2 Å². The van der Waals surface area contributed by atoms with Crippen LogP contribution in [0.1, 0.15) is 62.3 Å². The van der Waals surface area contributed by atoms with Gasteiger partial charge >= 0.3 is 24.2 Å². The van der Waals surface area contributed by atoms with Crippen LogP contribution >= 0.6 is 0 Å². The van der Waals surface area contributed by atoms with Gasteiger partial charge in [-0.3, -0.25) is 9.59 Å². The first-order chi connectivity index (χ1) is 36.7. The molecule has 0 aromatic heterocycles. The Morgan fingerprint density at radius 2 is 0.701 bits per heavy atom. The van der Waals surface area contributed by atoms with Crippen molar-refractivity contribution in [3.05, 3.63) is 85.0 Å². The van der Waals surface area contributed by atoms with Crippen LogP contribution < -0.4 is 9.47 Å². The Bertz CT molecular complexity index is 1900. The molecule has 2 rings (SSSR count). The number of aliphatic hydroxyl groups is 2. The molecule has 0 fully saturated rings. The van der Waals surface area contributed by atoms with Crippen LogP contribution in [0.15, 0.2) is 73.8 Å². The third-order valence-corrected chi connectivity index (χ3v) is 9.87. The standard InChI is InChI=1S/C53H76O24/c1-9-45(54)72-31-27-68-39(3)66-23-19-62-35-53(36-63-20-24-67-40(4)69-28-32-73-46(55)10-2,37-64-21-25-74-49(58)76-33-29-70-43-15-11-41(12-16-43)47(56)51(5,6)60)38-65-22-26-75-50(59)77-34-30-71-44-17-13-42(14-18-44)48(57)52(7,8)61/h9-18,39-40,60-61H,1-2,19-38H2,3-8H3. The smallest absolute Gasteiger partial charge is 0.490 e. The predicted octanol–water partition coefficient (Wildman–Crippen LogP) is 4.63. The van der Waals surface area contributed by atoms with Crippen LogP contribution in [0.5, 0.6) is 11.5 Å². The number of rotatable bonds is 44. The molecule has 2 atom stereocenters. The lowest BCUT2D eigenvalue weighted by atomic mass is 9.92. The van der Waals surface area contributed by atoms with Gasteiger partial charge in [0, 0.05) is 23.3 Å². The maximum absolute atomic E-state index is 12.4. The maximum atomic E-state index is 12.4. The number of hydrogen-bond donors (Lipinski definition) is 2. The number of benzene rings is 2. The summed E-state index contributed by atoms with van der Waals surface area (Å²) in [5, 5.41) is 19.9. The van der Waals surface area contributed by atoms with Gasteiger partial charge in [-0.2, -0.15) is 0 Å². The van der Waals surface area contributed by atoms with Gasteiger partial charge in [-0.05, 0) is 90.1 Å². The summed E-state index contributed by atoms with van der Waals surface area (Å²) in [6, 6.07) is 12.3. The van der Waals surface area contributed by atoms with Gasteiger partial charge in [0.2, 0.25) is 0 Å². The molecule has 0 bridgehead atoms. The van der Waals surface area contributed by atoms with Crippen molar-refractivity contribution in [1.29, 1.82) is 0 Å². The van der Waals surface area contributed by atoms with Crippen LogP contribution in [-0.2, 0) is 75.9 Å². The lowest BCUT2D eigenvalue weighted by Gasteiger charge is -2.33.